The molecule has 2 heterocycles. The molecule has 0 bridgehead atoms. The molecule has 0 saturated carbocycles. The van der Waals surface area contributed by atoms with Crippen molar-refractivity contribution in [3.63, 3.8) is 0 Å². The van der Waals surface area contributed by atoms with Crippen LogP contribution in [0.4, 0.5) is 5.95 Å². The quantitative estimate of drug-likeness (QED) is 0.650. The Labute approximate surface area is 76.9 Å². The van der Waals surface area contributed by atoms with Gasteiger partial charge in [0.25, 0.3) is 0 Å². The summed E-state index contributed by atoms with van der Waals surface area (Å²) in [5, 5.41) is 3.24. The number of anilines is 1. The number of nitrogens with two attached hydrogens (primary N) is 1. The molecule has 1 fully saturated rings. The lowest BCUT2D eigenvalue weighted by molar-refractivity contribution is 0.192. The maximum Gasteiger partial charge on any atom is 0.202 e. The molecule has 13 heavy (non-hydrogen) atoms. The Bertz CT molecular complexity index is 285. The molecule has 2 unspecified atom stereocenters. The Morgan fingerprint density at radius 2 is 2.54 bits per heavy atom. The van der Waals surface area contributed by atoms with Crippen LogP contribution in [-0.4, -0.2) is 34.8 Å². The highest BCUT2D eigenvalue weighted by Crippen LogP contribution is 2.10. The van der Waals surface area contributed by atoms with Crippen molar-refractivity contribution in [2.24, 2.45) is 12.8 Å². The van der Waals surface area contributed by atoms with Crippen molar-refractivity contribution in [1.29, 1.82) is 0 Å². The van der Waals surface area contributed by atoms with Gasteiger partial charge in [-0.3, -0.25) is 0 Å². The second-order valence-electron chi connectivity index (χ2n) is 3.31. The summed E-state index contributed by atoms with van der Waals surface area (Å²) in [6.45, 7) is 1.29. The number of aryl methyl sites for hydroxylation is 1. The van der Waals surface area contributed by atoms with Crippen LogP contribution in [-0.2, 0) is 11.8 Å². The summed E-state index contributed by atoms with van der Waals surface area (Å²) in [6, 6.07) is 0.248. The number of hydrogen-bond acceptors (Lipinski definition) is 4. The van der Waals surface area contributed by atoms with Crippen molar-refractivity contribution in [3.05, 3.63) is 12.4 Å². The molecular weight excluding hydrogens is 168 g/mol. The third-order valence-electron chi connectivity index (χ3n) is 2.26. The maximum absolute atomic E-state index is 5.82. The zero-order valence-corrected chi connectivity index (χ0v) is 7.60. The van der Waals surface area contributed by atoms with Crippen molar-refractivity contribution in [1.82, 2.24) is 9.55 Å². The molecule has 0 radical (unpaired) electrons. The molecule has 0 amide bonds. The monoisotopic (exact) mass is 182 g/mol. The second-order valence-corrected chi connectivity index (χ2v) is 3.31. The SMILES string of the molecule is Cn1ccnc1NC1COCC1N. The van der Waals surface area contributed by atoms with Crippen LogP contribution in [0.1, 0.15) is 0 Å². The van der Waals surface area contributed by atoms with Crippen LogP contribution >= 0.6 is 0 Å². The normalized spacial score (nSPS) is 27.8. The minimum absolute atomic E-state index is 0.0664. The van der Waals surface area contributed by atoms with E-state index in [4.69, 9.17) is 10.5 Å². The summed E-state index contributed by atoms with van der Waals surface area (Å²) in [7, 11) is 1.94. The average Bonchev–Trinajstić information content (AvgIpc) is 2.65. The van der Waals surface area contributed by atoms with E-state index in [1.807, 2.05) is 17.8 Å². The van der Waals surface area contributed by atoms with Crippen LogP contribution < -0.4 is 11.1 Å². The summed E-state index contributed by atoms with van der Waals surface area (Å²) in [5.41, 5.74) is 5.82. The number of nitrogens with zero attached hydrogens (tertiary/aromatic N) is 2. The Balaban J connectivity index is 2.01. The van der Waals surface area contributed by atoms with Crippen molar-refractivity contribution in [2.45, 2.75) is 12.1 Å². The Morgan fingerprint density at radius 1 is 1.69 bits per heavy atom. The van der Waals surface area contributed by atoms with Gasteiger partial charge in [-0.2, -0.15) is 0 Å². The topological polar surface area (TPSA) is 65.1 Å². The lowest BCUT2D eigenvalue weighted by atomic mass is 10.2. The third-order valence-corrected chi connectivity index (χ3v) is 2.26. The van der Waals surface area contributed by atoms with Gasteiger partial charge in [-0.25, -0.2) is 4.98 Å². The van der Waals surface area contributed by atoms with Crippen LogP contribution in [0.2, 0.25) is 0 Å². The fourth-order valence-electron chi connectivity index (χ4n) is 1.39. The maximum atomic E-state index is 5.82. The first kappa shape index (κ1) is 8.52. The second kappa shape index (κ2) is 3.35. The summed E-state index contributed by atoms with van der Waals surface area (Å²) in [4.78, 5) is 4.15. The number of rotatable bonds is 2. The van der Waals surface area contributed by atoms with Gasteiger partial charge in [0.15, 0.2) is 0 Å². The summed E-state index contributed by atoms with van der Waals surface area (Å²) in [5.74, 6) is 0.839. The number of aromatic nitrogens is 2. The van der Waals surface area contributed by atoms with E-state index in [1.54, 1.807) is 6.20 Å². The van der Waals surface area contributed by atoms with Crippen LogP contribution in [0.3, 0.4) is 0 Å². The molecule has 1 aromatic rings. The summed E-state index contributed by atoms with van der Waals surface area (Å²) in [6.07, 6.45) is 3.65. The van der Waals surface area contributed by atoms with Crippen LogP contribution in [0.5, 0.6) is 0 Å². The fourth-order valence-corrected chi connectivity index (χ4v) is 1.39. The van der Waals surface area contributed by atoms with Gasteiger partial charge in [-0.1, -0.05) is 0 Å². The van der Waals surface area contributed by atoms with Gasteiger partial charge in [0.05, 0.1) is 25.3 Å². The number of nitrogens with one attached hydrogen (secondary N) is 1. The molecule has 3 N–H and O–H groups in total. The van der Waals surface area contributed by atoms with Gasteiger partial charge in [-0.15, -0.1) is 0 Å². The largest absolute Gasteiger partial charge is 0.378 e. The number of hydrogen-bond donors (Lipinski definition) is 2. The standard InChI is InChI=1S/C8H14N4O/c1-12-3-2-10-8(12)11-7-5-13-4-6(7)9/h2-3,6-7H,4-5,9H2,1H3,(H,10,11). The van der Waals surface area contributed by atoms with Gasteiger partial charge < -0.3 is 20.4 Å². The first-order valence-corrected chi connectivity index (χ1v) is 4.34. The fraction of sp³-hybridized carbons (Fsp3) is 0.625. The predicted octanol–water partition coefficient (Wildman–Crippen LogP) is -0.442. The van der Waals surface area contributed by atoms with Gasteiger partial charge in [0.1, 0.15) is 0 Å². The highest BCUT2D eigenvalue weighted by molar-refractivity contribution is 5.28. The van der Waals surface area contributed by atoms with E-state index in [0.29, 0.717) is 13.2 Å². The van der Waals surface area contributed by atoms with E-state index in [2.05, 4.69) is 10.3 Å². The molecule has 1 aliphatic heterocycles. The van der Waals surface area contributed by atoms with Crippen LogP contribution in [0.25, 0.3) is 0 Å². The Morgan fingerprint density at radius 3 is 3.08 bits per heavy atom. The highest BCUT2D eigenvalue weighted by atomic mass is 16.5. The first-order valence-electron chi connectivity index (χ1n) is 4.34. The Kier molecular flexibility index (Phi) is 2.20. The molecule has 1 aromatic heterocycles. The van der Waals surface area contributed by atoms with Crippen LogP contribution in [0.15, 0.2) is 12.4 Å². The molecule has 1 saturated heterocycles. The Hall–Kier alpha value is -1.07. The third kappa shape index (κ3) is 1.66. The lowest BCUT2D eigenvalue weighted by Crippen LogP contribution is -2.39. The van der Waals surface area contributed by atoms with Gasteiger partial charge >= 0.3 is 0 Å². The molecule has 0 spiro atoms. The smallest absolute Gasteiger partial charge is 0.202 e. The number of ether oxygens (including phenoxy) is 1. The molecule has 0 aromatic carbocycles. The first-order chi connectivity index (χ1) is 6.27. The molecule has 0 aliphatic carbocycles. The van der Waals surface area contributed by atoms with E-state index < -0.39 is 0 Å². The van der Waals surface area contributed by atoms with Gasteiger partial charge in [0.2, 0.25) is 5.95 Å². The molecule has 2 rings (SSSR count). The van der Waals surface area contributed by atoms with Crippen LogP contribution in [0, 0.1) is 0 Å². The summed E-state index contributed by atoms with van der Waals surface area (Å²) >= 11 is 0. The zero-order chi connectivity index (χ0) is 9.26. The zero-order valence-electron chi connectivity index (χ0n) is 7.60. The number of imidazole rings is 1. The lowest BCUT2D eigenvalue weighted by Gasteiger charge is -2.15. The molecule has 2 atom stereocenters. The minimum atomic E-state index is 0.0664. The van der Waals surface area contributed by atoms with E-state index in [0.717, 1.165) is 5.95 Å². The molecule has 72 valence electrons. The molecule has 1 aliphatic rings. The molecular formula is C8H14N4O. The predicted molar refractivity (Wildman–Crippen MR) is 49.4 cm³/mol. The van der Waals surface area contributed by atoms with Crippen molar-refractivity contribution < 1.29 is 4.74 Å². The van der Waals surface area contributed by atoms with Gasteiger partial charge in [0, 0.05) is 19.4 Å². The van der Waals surface area contributed by atoms with Crippen molar-refractivity contribution in [2.75, 3.05) is 18.5 Å². The van der Waals surface area contributed by atoms with Crippen molar-refractivity contribution in [3.8, 4) is 0 Å². The van der Waals surface area contributed by atoms with E-state index in [9.17, 15) is 0 Å². The van der Waals surface area contributed by atoms with E-state index in [1.165, 1.54) is 0 Å². The molecule has 5 heteroatoms. The molecule has 5 nitrogen and oxygen atoms in total. The van der Waals surface area contributed by atoms with Gasteiger partial charge in [-0.05, 0) is 0 Å². The summed E-state index contributed by atoms with van der Waals surface area (Å²) < 4.78 is 7.16. The highest BCUT2D eigenvalue weighted by Gasteiger charge is 2.25. The van der Waals surface area contributed by atoms with E-state index >= 15 is 0 Å². The van der Waals surface area contributed by atoms with E-state index in [-0.39, 0.29) is 12.1 Å². The average molecular weight is 182 g/mol. The minimum Gasteiger partial charge on any atom is -0.378 e. The van der Waals surface area contributed by atoms with Crippen molar-refractivity contribution >= 4 is 5.95 Å².